The van der Waals surface area contributed by atoms with Gasteiger partial charge in [0, 0.05) is 11.8 Å². The van der Waals surface area contributed by atoms with Crippen molar-refractivity contribution in [1.29, 1.82) is 0 Å². The topological polar surface area (TPSA) is 74.2 Å². The van der Waals surface area contributed by atoms with Crippen LogP contribution < -0.4 is 10.5 Å². The Labute approximate surface area is 122 Å². The molecule has 2 heterocycles. The largest absolute Gasteiger partial charge is 0.494 e. The lowest BCUT2D eigenvalue weighted by Crippen LogP contribution is -1.92. The highest BCUT2D eigenvalue weighted by atomic mass is 16.5. The predicted octanol–water partition coefficient (Wildman–Crippen LogP) is 3.30. The van der Waals surface area contributed by atoms with Crippen molar-refractivity contribution in [3.63, 3.8) is 0 Å². The highest BCUT2D eigenvalue weighted by Gasteiger charge is 2.20. The predicted molar refractivity (Wildman–Crippen MR) is 80.9 cm³/mol. The molecule has 0 bridgehead atoms. The second-order valence-corrected chi connectivity index (χ2v) is 4.71. The third-order valence-electron chi connectivity index (χ3n) is 3.32. The lowest BCUT2D eigenvalue weighted by molar-refractivity contribution is 0.412. The Balaban J connectivity index is 2.19. The first kappa shape index (κ1) is 13.2. The molecular formula is C16H15N3O2. The highest BCUT2D eigenvalue weighted by molar-refractivity contribution is 5.88. The van der Waals surface area contributed by atoms with Crippen molar-refractivity contribution in [2.24, 2.45) is 0 Å². The van der Waals surface area contributed by atoms with Crippen molar-refractivity contribution in [3.8, 4) is 28.1 Å². The van der Waals surface area contributed by atoms with Crippen LogP contribution in [0.5, 0.6) is 5.75 Å². The molecule has 3 rings (SSSR count). The van der Waals surface area contributed by atoms with Gasteiger partial charge in [0.1, 0.15) is 11.4 Å². The molecule has 0 spiro atoms. The first-order valence-electron chi connectivity index (χ1n) is 6.51. The van der Waals surface area contributed by atoms with Crippen LogP contribution in [0.2, 0.25) is 0 Å². The first-order chi connectivity index (χ1) is 10.2. The fourth-order valence-electron chi connectivity index (χ4n) is 2.22. The third-order valence-corrected chi connectivity index (χ3v) is 3.32. The van der Waals surface area contributed by atoms with Gasteiger partial charge in [0.25, 0.3) is 0 Å². The maximum atomic E-state index is 5.95. The molecule has 0 atom stereocenters. The summed E-state index contributed by atoms with van der Waals surface area (Å²) in [7, 11) is 1.59. The maximum absolute atomic E-state index is 5.95. The average molecular weight is 281 g/mol. The minimum absolute atomic E-state index is 0.285. The van der Waals surface area contributed by atoms with E-state index < -0.39 is 0 Å². The van der Waals surface area contributed by atoms with Gasteiger partial charge >= 0.3 is 0 Å². The quantitative estimate of drug-likeness (QED) is 0.797. The second-order valence-electron chi connectivity index (χ2n) is 4.71. The molecule has 0 fully saturated rings. The van der Waals surface area contributed by atoms with Crippen molar-refractivity contribution in [2.75, 3.05) is 12.8 Å². The minimum atomic E-state index is 0.285. The van der Waals surface area contributed by atoms with Crippen LogP contribution in [0.25, 0.3) is 22.4 Å². The van der Waals surface area contributed by atoms with Crippen LogP contribution in [-0.2, 0) is 0 Å². The van der Waals surface area contributed by atoms with Crippen LogP contribution in [0, 0.1) is 6.92 Å². The number of aryl methyl sites for hydroxylation is 1. The zero-order valence-corrected chi connectivity index (χ0v) is 11.8. The molecule has 106 valence electrons. The SMILES string of the molecule is COc1cnccc1-c1noc(N)c1-c1ccc(C)cc1. The number of anilines is 1. The van der Waals surface area contributed by atoms with Crippen molar-refractivity contribution < 1.29 is 9.26 Å². The Hall–Kier alpha value is -2.82. The van der Waals surface area contributed by atoms with E-state index in [0.717, 1.165) is 16.7 Å². The van der Waals surface area contributed by atoms with E-state index in [-0.39, 0.29) is 5.88 Å². The van der Waals surface area contributed by atoms with Crippen molar-refractivity contribution in [1.82, 2.24) is 10.1 Å². The molecule has 21 heavy (non-hydrogen) atoms. The van der Waals surface area contributed by atoms with Crippen LogP contribution in [0.4, 0.5) is 5.88 Å². The van der Waals surface area contributed by atoms with Crippen LogP contribution in [-0.4, -0.2) is 17.3 Å². The van der Waals surface area contributed by atoms with Gasteiger partial charge < -0.3 is 15.0 Å². The summed E-state index contributed by atoms with van der Waals surface area (Å²) in [5, 5.41) is 4.09. The molecule has 2 aromatic heterocycles. The highest BCUT2D eigenvalue weighted by Crippen LogP contribution is 2.39. The normalized spacial score (nSPS) is 10.6. The Kier molecular flexibility index (Phi) is 3.31. The molecule has 0 radical (unpaired) electrons. The summed E-state index contributed by atoms with van der Waals surface area (Å²) in [5.74, 6) is 0.909. The van der Waals surface area contributed by atoms with Gasteiger partial charge in [-0.05, 0) is 18.6 Å². The Morgan fingerprint density at radius 3 is 2.62 bits per heavy atom. The lowest BCUT2D eigenvalue weighted by atomic mass is 10.0. The zero-order valence-electron chi connectivity index (χ0n) is 11.8. The summed E-state index contributed by atoms with van der Waals surface area (Å²) < 4.78 is 10.5. The zero-order chi connectivity index (χ0) is 14.8. The molecule has 5 nitrogen and oxygen atoms in total. The van der Waals surface area contributed by atoms with Gasteiger partial charge in [-0.15, -0.1) is 0 Å². The van der Waals surface area contributed by atoms with Crippen molar-refractivity contribution >= 4 is 5.88 Å². The number of methoxy groups -OCH3 is 1. The molecular weight excluding hydrogens is 266 g/mol. The lowest BCUT2D eigenvalue weighted by Gasteiger charge is -2.07. The molecule has 5 heteroatoms. The Morgan fingerprint density at radius 2 is 1.90 bits per heavy atom. The molecule has 2 N–H and O–H groups in total. The summed E-state index contributed by atoms with van der Waals surface area (Å²) >= 11 is 0. The number of nitrogens with zero attached hydrogens (tertiary/aromatic N) is 2. The number of nitrogen functional groups attached to an aromatic ring is 1. The summed E-state index contributed by atoms with van der Waals surface area (Å²) in [6.07, 6.45) is 3.32. The van der Waals surface area contributed by atoms with Crippen LogP contribution in [0.15, 0.2) is 47.2 Å². The van der Waals surface area contributed by atoms with E-state index in [2.05, 4.69) is 10.1 Å². The van der Waals surface area contributed by atoms with Gasteiger partial charge in [0.05, 0.1) is 18.9 Å². The maximum Gasteiger partial charge on any atom is 0.230 e. The number of aromatic nitrogens is 2. The van der Waals surface area contributed by atoms with E-state index in [1.54, 1.807) is 19.5 Å². The van der Waals surface area contributed by atoms with Gasteiger partial charge in [0.15, 0.2) is 0 Å². The Bertz CT molecular complexity index is 763. The van der Waals surface area contributed by atoms with Gasteiger partial charge in [-0.1, -0.05) is 35.0 Å². The number of ether oxygens (including phenoxy) is 1. The number of hydrogen-bond donors (Lipinski definition) is 1. The standard InChI is InChI=1S/C16H15N3O2/c1-10-3-5-11(6-4-10)14-15(19-21-16(14)17)12-7-8-18-9-13(12)20-2/h3-9H,17H2,1-2H3. The van der Waals surface area contributed by atoms with Crippen LogP contribution >= 0.6 is 0 Å². The Morgan fingerprint density at radius 1 is 1.14 bits per heavy atom. The van der Waals surface area contributed by atoms with Gasteiger partial charge in [-0.3, -0.25) is 4.98 Å². The number of pyridine rings is 1. The van der Waals surface area contributed by atoms with E-state index in [1.165, 1.54) is 5.56 Å². The molecule has 0 unspecified atom stereocenters. The van der Waals surface area contributed by atoms with Gasteiger partial charge in [-0.2, -0.15) is 0 Å². The fourth-order valence-corrected chi connectivity index (χ4v) is 2.22. The number of hydrogen-bond acceptors (Lipinski definition) is 5. The molecule has 1 aromatic carbocycles. The van der Waals surface area contributed by atoms with Gasteiger partial charge in [0.2, 0.25) is 5.88 Å². The minimum Gasteiger partial charge on any atom is -0.494 e. The molecule has 0 aliphatic heterocycles. The van der Waals surface area contributed by atoms with Crippen molar-refractivity contribution in [2.45, 2.75) is 6.92 Å². The molecule has 0 aliphatic carbocycles. The monoisotopic (exact) mass is 281 g/mol. The summed E-state index contributed by atoms with van der Waals surface area (Å²) in [6.45, 7) is 2.04. The molecule has 0 amide bonds. The number of rotatable bonds is 3. The third kappa shape index (κ3) is 2.33. The van der Waals surface area contributed by atoms with E-state index in [9.17, 15) is 0 Å². The number of benzene rings is 1. The van der Waals surface area contributed by atoms with E-state index in [1.807, 2.05) is 37.3 Å². The molecule has 0 saturated heterocycles. The number of nitrogens with two attached hydrogens (primary N) is 1. The van der Waals surface area contributed by atoms with Crippen LogP contribution in [0.1, 0.15) is 5.56 Å². The first-order valence-corrected chi connectivity index (χ1v) is 6.51. The second kappa shape index (κ2) is 5.28. The van der Waals surface area contributed by atoms with Gasteiger partial charge in [-0.25, -0.2) is 0 Å². The molecule has 0 aliphatic rings. The summed E-state index contributed by atoms with van der Waals surface area (Å²) in [4.78, 5) is 4.05. The smallest absolute Gasteiger partial charge is 0.230 e. The molecule has 3 aromatic rings. The van der Waals surface area contributed by atoms with Crippen molar-refractivity contribution in [3.05, 3.63) is 48.3 Å². The van der Waals surface area contributed by atoms with Crippen LogP contribution in [0.3, 0.4) is 0 Å². The average Bonchev–Trinajstić information content (AvgIpc) is 2.90. The van der Waals surface area contributed by atoms with E-state index >= 15 is 0 Å². The van der Waals surface area contributed by atoms with E-state index in [0.29, 0.717) is 11.4 Å². The molecule has 0 saturated carbocycles. The fraction of sp³-hybridized carbons (Fsp3) is 0.125. The van der Waals surface area contributed by atoms with E-state index in [4.69, 9.17) is 15.0 Å². The summed E-state index contributed by atoms with van der Waals surface area (Å²) in [5.41, 5.74) is 10.3. The summed E-state index contributed by atoms with van der Waals surface area (Å²) in [6, 6.07) is 9.86.